The largest absolute Gasteiger partial charge is 0.495 e. The summed E-state index contributed by atoms with van der Waals surface area (Å²) in [7, 11) is 1.55. The summed E-state index contributed by atoms with van der Waals surface area (Å²) in [5.41, 5.74) is 0.617. The van der Waals surface area contributed by atoms with Crippen molar-refractivity contribution in [1.82, 2.24) is 18.7 Å². The van der Waals surface area contributed by atoms with Gasteiger partial charge in [0.2, 0.25) is 0 Å². The summed E-state index contributed by atoms with van der Waals surface area (Å²) in [6.07, 6.45) is 1.61. The van der Waals surface area contributed by atoms with E-state index in [0.29, 0.717) is 29.1 Å². The maximum atomic E-state index is 13.2. The van der Waals surface area contributed by atoms with E-state index in [9.17, 15) is 9.59 Å². The summed E-state index contributed by atoms with van der Waals surface area (Å²) < 4.78 is 9.99. The minimum absolute atomic E-state index is 0.0452. The van der Waals surface area contributed by atoms with Crippen LogP contribution in [0, 0.1) is 5.92 Å². The molecule has 0 fully saturated rings. The molecule has 0 amide bonds. The van der Waals surface area contributed by atoms with Crippen LogP contribution in [0.15, 0.2) is 40.2 Å². The maximum Gasteiger partial charge on any atom is 0.337 e. The van der Waals surface area contributed by atoms with Gasteiger partial charge in [0.25, 0.3) is 5.56 Å². The normalized spacial score (nSPS) is 11.7. The van der Waals surface area contributed by atoms with E-state index in [-0.39, 0.29) is 17.5 Å². The minimum atomic E-state index is -0.408. The fourth-order valence-electron chi connectivity index (χ4n) is 3.10. The lowest BCUT2D eigenvalue weighted by atomic mass is 10.2. The van der Waals surface area contributed by atoms with Gasteiger partial charge < -0.3 is 9.30 Å². The molecule has 0 unspecified atom stereocenters. The molecule has 2 heterocycles. The Morgan fingerprint density at radius 3 is 2.42 bits per heavy atom. The third kappa shape index (κ3) is 2.83. The van der Waals surface area contributed by atoms with Crippen LogP contribution in [0.3, 0.4) is 0 Å². The molecule has 7 heteroatoms. The molecule has 0 aliphatic heterocycles. The summed E-state index contributed by atoms with van der Waals surface area (Å²) in [6.45, 7) is 8.25. The predicted molar refractivity (Wildman–Crippen MR) is 101 cm³/mol. The zero-order valence-corrected chi connectivity index (χ0v) is 15.8. The van der Waals surface area contributed by atoms with E-state index in [0.717, 1.165) is 0 Å². The first-order valence-electron chi connectivity index (χ1n) is 8.72. The van der Waals surface area contributed by atoms with Gasteiger partial charge in [0, 0.05) is 12.6 Å². The SMILES string of the molecule is COc1ccccc1-n1c(=O)n(CC(C)C)c(=O)c2c1ncn2C(C)C. The Balaban J connectivity index is 2.49. The van der Waals surface area contributed by atoms with E-state index < -0.39 is 5.69 Å². The number of ether oxygens (including phenoxy) is 1. The van der Waals surface area contributed by atoms with Crippen molar-refractivity contribution >= 4 is 11.2 Å². The number of rotatable bonds is 5. The Kier molecular flexibility index (Phi) is 4.71. The molecule has 0 spiro atoms. The minimum Gasteiger partial charge on any atom is -0.495 e. The van der Waals surface area contributed by atoms with Gasteiger partial charge >= 0.3 is 5.69 Å². The van der Waals surface area contributed by atoms with Gasteiger partial charge in [-0.25, -0.2) is 14.3 Å². The Bertz CT molecular complexity index is 1060. The van der Waals surface area contributed by atoms with Crippen LogP contribution >= 0.6 is 0 Å². The van der Waals surface area contributed by atoms with Crippen molar-refractivity contribution < 1.29 is 4.74 Å². The lowest BCUT2D eigenvalue weighted by Crippen LogP contribution is -2.41. The van der Waals surface area contributed by atoms with Crippen LogP contribution in [0.1, 0.15) is 33.7 Å². The number of hydrogen-bond donors (Lipinski definition) is 0. The van der Waals surface area contributed by atoms with Gasteiger partial charge in [-0.1, -0.05) is 26.0 Å². The molecule has 0 saturated carbocycles. The van der Waals surface area contributed by atoms with Crippen LogP contribution in [-0.4, -0.2) is 25.8 Å². The lowest BCUT2D eigenvalue weighted by Gasteiger charge is -2.16. The summed E-state index contributed by atoms with van der Waals surface area (Å²) >= 11 is 0. The Labute approximate surface area is 151 Å². The standard InChI is InChI=1S/C19H24N4O3/c1-12(2)10-21-18(24)16-17(20-11-22(16)13(3)4)23(19(21)25)14-8-6-7-9-15(14)26-5/h6-9,11-13H,10H2,1-5H3. The monoisotopic (exact) mass is 356 g/mol. The summed E-state index contributed by atoms with van der Waals surface area (Å²) in [6, 6.07) is 7.28. The average molecular weight is 356 g/mol. The molecule has 0 aliphatic carbocycles. The van der Waals surface area contributed by atoms with Crippen LogP contribution in [-0.2, 0) is 6.54 Å². The fraction of sp³-hybridized carbons (Fsp3) is 0.421. The molecule has 0 saturated heterocycles. The number of fused-ring (bicyclic) bond motifs is 1. The van der Waals surface area contributed by atoms with Gasteiger partial charge in [-0.3, -0.25) is 9.36 Å². The molecule has 0 N–H and O–H groups in total. The highest BCUT2D eigenvalue weighted by atomic mass is 16.5. The zero-order chi connectivity index (χ0) is 19.0. The van der Waals surface area contributed by atoms with Crippen LogP contribution in [0.5, 0.6) is 5.75 Å². The van der Waals surface area contributed by atoms with Gasteiger partial charge in [0.1, 0.15) is 5.75 Å². The molecular formula is C19H24N4O3. The molecule has 2 aromatic heterocycles. The van der Waals surface area contributed by atoms with E-state index in [2.05, 4.69) is 4.98 Å². The van der Waals surface area contributed by atoms with Crippen molar-refractivity contribution in [3.63, 3.8) is 0 Å². The van der Waals surface area contributed by atoms with E-state index in [1.807, 2.05) is 39.8 Å². The third-order valence-electron chi connectivity index (χ3n) is 4.29. The second kappa shape index (κ2) is 6.82. The molecule has 1 aromatic carbocycles. The second-order valence-electron chi connectivity index (χ2n) is 7.02. The number of methoxy groups -OCH3 is 1. The van der Waals surface area contributed by atoms with Crippen LogP contribution in [0.25, 0.3) is 16.9 Å². The van der Waals surface area contributed by atoms with Crippen molar-refractivity contribution in [2.75, 3.05) is 7.11 Å². The first kappa shape index (κ1) is 18.0. The molecular weight excluding hydrogens is 332 g/mol. The van der Waals surface area contributed by atoms with Crippen molar-refractivity contribution in [2.24, 2.45) is 5.92 Å². The number of aromatic nitrogens is 4. The summed E-state index contributed by atoms with van der Waals surface area (Å²) in [4.78, 5) is 30.7. The smallest absolute Gasteiger partial charge is 0.337 e. The Hall–Kier alpha value is -2.83. The van der Waals surface area contributed by atoms with Gasteiger partial charge in [-0.15, -0.1) is 0 Å². The molecule has 0 atom stereocenters. The number of hydrogen-bond acceptors (Lipinski definition) is 4. The number of para-hydroxylation sites is 2. The Morgan fingerprint density at radius 1 is 1.12 bits per heavy atom. The topological polar surface area (TPSA) is 71.1 Å². The third-order valence-corrected chi connectivity index (χ3v) is 4.29. The maximum absolute atomic E-state index is 13.2. The van der Waals surface area contributed by atoms with E-state index >= 15 is 0 Å². The first-order chi connectivity index (χ1) is 12.4. The lowest BCUT2D eigenvalue weighted by molar-refractivity contribution is 0.411. The molecule has 3 rings (SSSR count). The number of nitrogens with zero attached hydrogens (tertiary/aromatic N) is 4. The van der Waals surface area contributed by atoms with E-state index in [1.54, 1.807) is 30.1 Å². The molecule has 0 bridgehead atoms. The van der Waals surface area contributed by atoms with Crippen molar-refractivity contribution in [3.05, 3.63) is 51.4 Å². The van der Waals surface area contributed by atoms with Gasteiger partial charge in [-0.2, -0.15) is 0 Å². The fourth-order valence-corrected chi connectivity index (χ4v) is 3.10. The summed E-state index contributed by atoms with van der Waals surface area (Å²) in [5.74, 6) is 0.698. The van der Waals surface area contributed by atoms with Gasteiger partial charge in [0.05, 0.1) is 19.1 Å². The highest BCUT2D eigenvalue weighted by molar-refractivity contribution is 5.73. The number of imidazole rings is 1. The zero-order valence-electron chi connectivity index (χ0n) is 15.8. The van der Waals surface area contributed by atoms with Crippen molar-refractivity contribution in [1.29, 1.82) is 0 Å². The van der Waals surface area contributed by atoms with E-state index in [4.69, 9.17) is 4.74 Å². The number of benzene rings is 1. The average Bonchev–Trinajstić information content (AvgIpc) is 3.04. The van der Waals surface area contributed by atoms with Crippen LogP contribution in [0.2, 0.25) is 0 Å². The van der Waals surface area contributed by atoms with Crippen molar-refractivity contribution in [3.8, 4) is 11.4 Å². The van der Waals surface area contributed by atoms with Crippen LogP contribution < -0.4 is 16.0 Å². The van der Waals surface area contributed by atoms with Gasteiger partial charge in [0.15, 0.2) is 11.2 Å². The Morgan fingerprint density at radius 2 is 1.81 bits per heavy atom. The highest BCUT2D eigenvalue weighted by Crippen LogP contribution is 2.24. The molecule has 0 aliphatic rings. The molecule has 3 aromatic rings. The van der Waals surface area contributed by atoms with Crippen molar-refractivity contribution in [2.45, 2.75) is 40.3 Å². The molecule has 138 valence electrons. The molecule has 0 radical (unpaired) electrons. The second-order valence-corrected chi connectivity index (χ2v) is 7.02. The predicted octanol–water partition coefficient (Wildman–Crippen LogP) is 2.59. The van der Waals surface area contributed by atoms with E-state index in [1.165, 1.54) is 9.13 Å². The first-order valence-corrected chi connectivity index (χ1v) is 8.72. The summed E-state index contributed by atoms with van der Waals surface area (Å²) in [5, 5.41) is 0. The van der Waals surface area contributed by atoms with Crippen LogP contribution in [0.4, 0.5) is 0 Å². The van der Waals surface area contributed by atoms with Gasteiger partial charge in [-0.05, 0) is 31.9 Å². The quantitative estimate of drug-likeness (QED) is 0.704. The highest BCUT2D eigenvalue weighted by Gasteiger charge is 2.22. The molecule has 26 heavy (non-hydrogen) atoms. The molecule has 7 nitrogen and oxygen atoms in total.